The zero-order chi connectivity index (χ0) is 12.3. The molecule has 0 aromatic carbocycles. The highest BCUT2D eigenvalue weighted by Gasteiger charge is 2.34. The molecule has 0 bridgehead atoms. The first kappa shape index (κ1) is 12.6. The Kier molecular flexibility index (Phi) is 4.18. The number of hydrogen-bond donors (Lipinski definition) is 1. The average molecular weight is 237 g/mol. The number of rotatable bonds is 5. The van der Waals surface area contributed by atoms with Gasteiger partial charge in [-0.15, -0.1) is 0 Å². The molecule has 1 aliphatic heterocycles. The lowest BCUT2D eigenvalue weighted by atomic mass is 9.93. The molecule has 2 heterocycles. The first-order chi connectivity index (χ1) is 8.27. The fraction of sp³-hybridized carbons (Fsp3) is 0.769. The summed E-state index contributed by atoms with van der Waals surface area (Å²) in [5.41, 5.74) is 0. The molecule has 0 aliphatic carbocycles. The van der Waals surface area contributed by atoms with Crippen LogP contribution in [-0.2, 0) is 11.3 Å². The Morgan fingerprint density at radius 3 is 3.06 bits per heavy atom. The SMILES string of the molecule is CCCn1ccnc1C(NC)C1CCOC1C. The van der Waals surface area contributed by atoms with Gasteiger partial charge in [-0.2, -0.15) is 0 Å². The van der Waals surface area contributed by atoms with Crippen molar-refractivity contribution in [2.24, 2.45) is 5.92 Å². The molecule has 1 aromatic heterocycles. The molecule has 4 heteroatoms. The van der Waals surface area contributed by atoms with E-state index in [1.165, 1.54) is 0 Å². The second kappa shape index (κ2) is 5.65. The second-order valence-electron chi connectivity index (χ2n) is 4.77. The number of nitrogens with one attached hydrogen (secondary N) is 1. The molecule has 3 unspecified atom stereocenters. The van der Waals surface area contributed by atoms with Gasteiger partial charge >= 0.3 is 0 Å². The summed E-state index contributed by atoms with van der Waals surface area (Å²) in [6.45, 7) is 6.27. The van der Waals surface area contributed by atoms with E-state index in [4.69, 9.17) is 4.74 Å². The Hall–Kier alpha value is -0.870. The minimum absolute atomic E-state index is 0.300. The van der Waals surface area contributed by atoms with Crippen molar-refractivity contribution in [1.29, 1.82) is 0 Å². The first-order valence-corrected chi connectivity index (χ1v) is 6.57. The van der Waals surface area contributed by atoms with Crippen LogP contribution in [0.5, 0.6) is 0 Å². The van der Waals surface area contributed by atoms with E-state index in [-0.39, 0.29) is 0 Å². The molecule has 1 aliphatic rings. The predicted octanol–water partition coefficient (Wildman–Crippen LogP) is 1.98. The number of hydrogen-bond acceptors (Lipinski definition) is 3. The van der Waals surface area contributed by atoms with E-state index in [2.05, 4.69) is 34.9 Å². The monoisotopic (exact) mass is 237 g/mol. The third kappa shape index (κ3) is 2.53. The standard InChI is InChI=1S/C13H23N3O/c1-4-7-16-8-6-15-13(16)12(14-3)11-5-9-17-10(11)2/h6,8,10-12,14H,4-5,7,9H2,1-3H3. The highest BCUT2D eigenvalue weighted by atomic mass is 16.5. The molecule has 3 atom stereocenters. The zero-order valence-electron chi connectivity index (χ0n) is 11.0. The van der Waals surface area contributed by atoms with Gasteiger partial charge in [-0.25, -0.2) is 4.98 Å². The van der Waals surface area contributed by atoms with Crippen molar-refractivity contribution in [2.45, 2.75) is 45.4 Å². The maximum atomic E-state index is 5.67. The second-order valence-corrected chi connectivity index (χ2v) is 4.77. The number of nitrogens with zero attached hydrogens (tertiary/aromatic N) is 2. The molecule has 96 valence electrons. The van der Waals surface area contributed by atoms with Gasteiger partial charge in [0, 0.05) is 31.5 Å². The van der Waals surface area contributed by atoms with E-state index in [1.807, 2.05) is 13.2 Å². The zero-order valence-corrected chi connectivity index (χ0v) is 11.0. The average Bonchev–Trinajstić information content (AvgIpc) is 2.92. The summed E-state index contributed by atoms with van der Waals surface area (Å²) < 4.78 is 7.93. The van der Waals surface area contributed by atoms with Crippen LogP contribution in [0.3, 0.4) is 0 Å². The molecule has 4 nitrogen and oxygen atoms in total. The van der Waals surface area contributed by atoms with Gasteiger partial charge in [0.25, 0.3) is 0 Å². The van der Waals surface area contributed by atoms with Crippen LogP contribution in [0.1, 0.15) is 38.6 Å². The highest BCUT2D eigenvalue weighted by Crippen LogP contribution is 2.32. The maximum Gasteiger partial charge on any atom is 0.126 e. The van der Waals surface area contributed by atoms with Gasteiger partial charge in [-0.3, -0.25) is 0 Å². The van der Waals surface area contributed by atoms with Crippen molar-refractivity contribution in [3.63, 3.8) is 0 Å². The lowest BCUT2D eigenvalue weighted by Gasteiger charge is -2.25. The lowest BCUT2D eigenvalue weighted by Crippen LogP contribution is -2.31. The Balaban J connectivity index is 2.19. The molecular weight excluding hydrogens is 214 g/mol. The van der Waals surface area contributed by atoms with Crippen LogP contribution in [0.4, 0.5) is 0 Å². The Morgan fingerprint density at radius 2 is 2.47 bits per heavy atom. The van der Waals surface area contributed by atoms with Crippen LogP contribution in [-0.4, -0.2) is 29.3 Å². The normalized spacial score (nSPS) is 26.3. The summed E-state index contributed by atoms with van der Waals surface area (Å²) in [6.07, 6.45) is 6.54. The molecular formula is C13H23N3O. The maximum absolute atomic E-state index is 5.67. The topological polar surface area (TPSA) is 39.1 Å². The number of aromatic nitrogens is 2. The van der Waals surface area contributed by atoms with Crippen LogP contribution in [0.15, 0.2) is 12.4 Å². The van der Waals surface area contributed by atoms with Crippen molar-refractivity contribution in [2.75, 3.05) is 13.7 Å². The van der Waals surface area contributed by atoms with Crippen LogP contribution < -0.4 is 5.32 Å². The van der Waals surface area contributed by atoms with Gasteiger partial charge in [-0.05, 0) is 26.8 Å². The van der Waals surface area contributed by atoms with E-state index in [9.17, 15) is 0 Å². The summed E-state index contributed by atoms with van der Waals surface area (Å²) in [5, 5.41) is 3.41. The minimum atomic E-state index is 0.300. The number of ether oxygens (including phenoxy) is 1. The van der Waals surface area contributed by atoms with Crippen LogP contribution in [0, 0.1) is 5.92 Å². The smallest absolute Gasteiger partial charge is 0.126 e. The quantitative estimate of drug-likeness (QED) is 0.851. The third-order valence-corrected chi connectivity index (χ3v) is 3.66. The van der Waals surface area contributed by atoms with Gasteiger partial charge in [-0.1, -0.05) is 6.92 Å². The van der Waals surface area contributed by atoms with Gasteiger partial charge in [0.1, 0.15) is 5.82 Å². The summed E-state index contributed by atoms with van der Waals surface area (Å²) in [5.74, 6) is 1.68. The fourth-order valence-corrected chi connectivity index (χ4v) is 2.75. The van der Waals surface area contributed by atoms with Crippen molar-refractivity contribution in [1.82, 2.24) is 14.9 Å². The van der Waals surface area contributed by atoms with Gasteiger partial charge in [0.2, 0.25) is 0 Å². The summed E-state index contributed by atoms with van der Waals surface area (Å²) >= 11 is 0. The molecule has 1 aromatic rings. The molecule has 17 heavy (non-hydrogen) atoms. The molecule has 0 radical (unpaired) electrons. The van der Waals surface area contributed by atoms with Gasteiger partial charge in [0.05, 0.1) is 12.1 Å². The van der Waals surface area contributed by atoms with Gasteiger partial charge < -0.3 is 14.6 Å². The lowest BCUT2D eigenvalue weighted by molar-refractivity contribution is 0.0948. The molecule has 1 N–H and O–H groups in total. The summed E-state index contributed by atoms with van der Waals surface area (Å²) in [7, 11) is 2.01. The van der Waals surface area contributed by atoms with E-state index in [0.717, 1.165) is 31.8 Å². The van der Waals surface area contributed by atoms with Crippen LogP contribution >= 0.6 is 0 Å². The van der Waals surface area contributed by atoms with E-state index < -0.39 is 0 Å². The molecule has 1 fully saturated rings. The van der Waals surface area contributed by atoms with E-state index >= 15 is 0 Å². The molecule has 1 saturated heterocycles. The third-order valence-electron chi connectivity index (χ3n) is 3.66. The number of aryl methyl sites for hydroxylation is 1. The fourth-order valence-electron chi connectivity index (χ4n) is 2.75. The molecule has 0 amide bonds. The highest BCUT2D eigenvalue weighted by molar-refractivity contribution is 5.03. The van der Waals surface area contributed by atoms with Crippen molar-refractivity contribution < 1.29 is 4.74 Å². The van der Waals surface area contributed by atoms with Crippen molar-refractivity contribution in [3.05, 3.63) is 18.2 Å². The van der Waals surface area contributed by atoms with Gasteiger partial charge in [0.15, 0.2) is 0 Å². The minimum Gasteiger partial charge on any atom is -0.378 e. The summed E-state index contributed by atoms with van der Waals surface area (Å²) in [6, 6.07) is 0.300. The largest absolute Gasteiger partial charge is 0.378 e. The molecule has 2 rings (SSSR count). The molecule has 0 spiro atoms. The van der Waals surface area contributed by atoms with E-state index in [1.54, 1.807) is 0 Å². The van der Waals surface area contributed by atoms with Crippen LogP contribution in [0.25, 0.3) is 0 Å². The Bertz CT molecular complexity index is 350. The van der Waals surface area contributed by atoms with Crippen molar-refractivity contribution >= 4 is 0 Å². The van der Waals surface area contributed by atoms with E-state index in [0.29, 0.717) is 18.1 Å². The van der Waals surface area contributed by atoms with Crippen molar-refractivity contribution in [3.8, 4) is 0 Å². The summed E-state index contributed by atoms with van der Waals surface area (Å²) in [4.78, 5) is 4.53. The Morgan fingerprint density at radius 1 is 1.65 bits per heavy atom. The Labute approximate surface area is 103 Å². The number of imidazole rings is 1. The predicted molar refractivity (Wildman–Crippen MR) is 67.8 cm³/mol. The first-order valence-electron chi connectivity index (χ1n) is 6.57. The molecule has 0 saturated carbocycles. The van der Waals surface area contributed by atoms with Crippen LogP contribution in [0.2, 0.25) is 0 Å².